The molecule has 4 rings (SSSR count). The summed E-state index contributed by atoms with van der Waals surface area (Å²) < 4.78 is 126. The van der Waals surface area contributed by atoms with E-state index in [0.717, 1.165) is 12.5 Å². The van der Waals surface area contributed by atoms with Crippen LogP contribution in [0.2, 0.25) is 0 Å². The number of hydrogen-bond acceptors (Lipinski definition) is 7. The summed E-state index contributed by atoms with van der Waals surface area (Å²) in [5, 5.41) is 13.1. The van der Waals surface area contributed by atoms with Crippen LogP contribution in [0.5, 0.6) is 0 Å². The van der Waals surface area contributed by atoms with E-state index in [-0.39, 0.29) is 24.6 Å². The van der Waals surface area contributed by atoms with Gasteiger partial charge in [0.05, 0.1) is 24.8 Å². The highest BCUT2D eigenvalue weighted by Crippen LogP contribution is 2.39. The van der Waals surface area contributed by atoms with E-state index in [2.05, 4.69) is 15.3 Å². The molecule has 2 aromatic rings. The highest BCUT2D eigenvalue weighted by molar-refractivity contribution is 7.88. The van der Waals surface area contributed by atoms with Crippen LogP contribution >= 0.6 is 0 Å². The Bertz CT molecular complexity index is 1530. The number of anilines is 1. The number of nitrogens with zero attached hydrogens (tertiary/aromatic N) is 4. The maximum Gasteiger partial charge on any atom is 0.269 e. The van der Waals surface area contributed by atoms with E-state index in [4.69, 9.17) is 12.3 Å². The Kier molecular flexibility index (Phi) is 3.68. The summed E-state index contributed by atoms with van der Waals surface area (Å²) in [4.78, 5) is 21.2. The van der Waals surface area contributed by atoms with Crippen LogP contribution in [0.1, 0.15) is 69.2 Å². The van der Waals surface area contributed by atoms with E-state index >= 15 is 0 Å². The first kappa shape index (κ1) is 14.2. The Labute approximate surface area is 197 Å². The number of fused-ring (bicyclic) bond motifs is 1. The van der Waals surface area contributed by atoms with Gasteiger partial charge in [-0.3, -0.25) is 9.36 Å². The zero-order valence-electron chi connectivity index (χ0n) is 25.9. The Morgan fingerprint density at radius 1 is 1.47 bits per heavy atom. The highest BCUT2D eigenvalue weighted by atomic mass is 32.2. The van der Waals surface area contributed by atoms with Gasteiger partial charge >= 0.3 is 0 Å². The lowest BCUT2D eigenvalue weighted by atomic mass is 9.99. The van der Waals surface area contributed by atoms with E-state index in [1.165, 1.54) is 0 Å². The number of piperidine rings is 1. The zero-order valence-corrected chi connectivity index (χ0v) is 17.7. The Morgan fingerprint density at radius 2 is 2.19 bits per heavy atom. The van der Waals surface area contributed by atoms with Gasteiger partial charge in [0.2, 0.25) is 16.0 Å². The summed E-state index contributed by atoms with van der Waals surface area (Å²) >= 11 is 0. The maximum absolute atomic E-state index is 14.1. The fraction of sp³-hybridized carbons (Fsp3) is 0.650. The standard InChI is InChI=1S/C20H27F2N5O4S/c1-20(29)7-3-4-15(20)27-17-12(10-14(16(21)22)18(27)28)11-23-19(25-17)24-13-5-8-26(9-6-13)32(2,30)31/h10-11,13,15-16,29H,3-9H2,1-2H3,(H,23,24,25)/t15-,20-/m1/s1/i1D3,5D2,6D2,13D,16D. The Morgan fingerprint density at radius 3 is 2.81 bits per heavy atom. The van der Waals surface area contributed by atoms with Gasteiger partial charge < -0.3 is 10.4 Å². The zero-order chi connectivity index (χ0) is 31.2. The largest absolute Gasteiger partial charge is 0.388 e. The minimum Gasteiger partial charge on any atom is -0.388 e. The molecule has 0 bridgehead atoms. The van der Waals surface area contributed by atoms with Gasteiger partial charge in [0.1, 0.15) is 7.02 Å². The lowest BCUT2D eigenvalue weighted by Gasteiger charge is -2.31. The van der Waals surface area contributed by atoms with E-state index in [0.29, 0.717) is 14.9 Å². The van der Waals surface area contributed by atoms with Crippen molar-refractivity contribution >= 4 is 27.0 Å². The molecule has 3 heterocycles. The Hall–Kier alpha value is -2.18. The number of rotatable bonds is 5. The lowest BCUT2D eigenvalue weighted by molar-refractivity contribution is 0.0261. The van der Waals surface area contributed by atoms with Gasteiger partial charge in [-0.2, -0.15) is 4.98 Å². The van der Waals surface area contributed by atoms with Crippen LogP contribution in [0.4, 0.5) is 14.7 Å². The molecular formula is C20H27F2N5O4S. The van der Waals surface area contributed by atoms with Crippen LogP contribution < -0.4 is 10.9 Å². The quantitative estimate of drug-likeness (QED) is 0.672. The van der Waals surface area contributed by atoms with Crippen molar-refractivity contribution in [3.05, 3.63) is 28.2 Å². The van der Waals surface area contributed by atoms with Gasteiger partial charge in [-0.15, -0.1) is 0 Å². The SMILES string of the molecule is [2H]C(F)(F)c1cc2cnc(NC3([2H])C([2H])([2H])CN(S(C)(=O)=O)CC3([2H])[2H])nc2n([C@@H]2CCC[C@]2(O)C([2H])([2H])[2H])c1=O. The predicted octanol–water partition coefficient (Wildman–Crippen LogP) is 2.04. The van der Waals surface area contributed by atoms with E-state index in [1.807, 2.05) is 0 Å². The van der Waals surface area contributed by atoms with E-state index in [1.54, 1.807) is 0 Å². The second kappa shape index (κ2) is 8.31. The van der Waals surface area contributed by atoms with Crippen molar-refractivity contribution in [2.24, 2.45) is 0 Å². The molecule has 0 amide bonds. The molecular weight excluding hydrogens is 444 g/mol. The molecule has 0 radical (unpaired) electrons. The average Bonchev–Trinajstić information content (AvgIpc) is 3.18. The summed E-state index contributed by atoms with van der Waals surface area (Å²) in [5.41, 5.74) is -5.88. The van der Waals surface area contributed by atoms with Gasteiger partial charge in [0.25, 0.3) is 12.0 Å². The summed E-state index contributed by atoms with van der Waals surface area (Å²) in [6, 6.07) is -3.90. The fourth-order valence-corrected chi connectivity index (χ4v) is 4.40. The topological polar surface area (TPSA) is 117 Å². The summed E-state index contributed by atoms with van der Waals surface area (Å²) in [6.07, 6.45) is -8.93. The molecule has 12 heteroatoms. The first-order valence-electron chi connectivity index (χ1n) is 14.1. The van der Waals surface area contributed by atoms with Crippen LogP contribution in [0.25, 0.3) is 11.0 Å². The first-order valence-corrected chi connectivity index (χ1v) is 11.5. The Balaban J connectivity index is 1.92. The van der Waals surface area contributed by atoms with Crippen molar-refractivity contribution in [2.75, 3.05) is 24.7 Å². The number of sulfonamides is 1. The average molecular weight is 481 g/mol. The number of halogens is 2. The van der Waals surface area contributed by atoms with E-state index < -0.39 is 89.5 Å². The third-order valence-corrected chi connectivity index (χ3v) is 6.64. The van der Waals surface area contributed by atoms with Crippen LogP contribution in [-0.4, -0.2) is 63.3 Å². The second-order valence-corrected chi connectivity index (χ2v) is 9.67. The van der Waals surface area contributed by atoms with Crippen LogP contribution in [-0.2, 0) is 10.0 Å². The number of pyridine rings is 1. The molecule has 1 saturated heterocycles. The molecule has 176 valence electrons. The molecule has 32 heavy (non-hydrogen) atoms. The van der Waals surface area contributed by atoms with Gasteiger partial charge in [-0.05, 0) is 44.9 Å². The van der Waals surface area contributed by atoms with Crippen LogP contribution in [0.3, 0.4) is 0 Å². The minimum atomic E-state index is -4.43. The van der Waals surface area contributed by atoms with Gasteiger partial charge in [0, 0.05) is 40.3 Å². The fourth-order valence-electron chi connectivity index (χ4n) is 3.81. The predicted molar refractivity (Wildman–Crippen MR) is 115 cm³/mol. The smallest absolute Gasteiger partial charge is 0.269 e. The van der Waals surface area contributed by atoms with Crippen LogP contribution in [0, 0.1) is 0 Å². The summed E-state index contributed by atoms with van der Waals surface area (Å²) in [6.45, 7) is -4.87. The second-order valence-electron chi connectivity index (χ2n) is 7.68. The summed E-state index contributed by atoms with van der Waals surface area (Å²) in [5.74, 6) is -0.665. The first-order chi connectivity index (χ1) is 18.4. The lowest BCUT2D eigenvalue weighted by Crippen LogP contribution is -2.42. The molecule has 1 saturated carbocycles. The number of nitrogens with one attached hydrogen (secondary N) is 1. The molecule has 0 unspecified atom stereocenters. The number of aromatic nitrogens is 3. The normalized spacial score (nSPS) is 34.6. The molecule has 0 spiro atoms. The van der Waals surface area contributed by atoms with Gasteiger partial charge in [0.15, 0.2) is 0 Å². The molecule has 2 aliphatic rings. The molecule has 2 N–H and O–H groups in total. The number of hydrogen-bond donors (Lipinski definition) is 2. The van der Waals surface area contributed by atoms with Crippen molar-refractivity contribution < 1.29 is 34.6 Å². The van der Waals surface area contributed by atoms with Crippen molar-refractivity contribution in [3.63, 3.8) is 0 Å². The number of alkyl halides is 2. The van der Waals surface area contributed by atoms with Crippen molar-refractivity contribution in [1.82, 2.24) is 18.8 Å². The van der Waals surface area contributed by atoms with Crippen molar-refractivity contribution in [2.45, 2.75) is 62.9 Å². The monoisotopic (exact) mass is 480 g/mol. The minimum absolute atomic E-state index is 0.0955. The molecule has 2 atom stereocenters. The molecule has 2 fully saturated rings. The highest BCUT2D eigenvalue weighted by Gasteiger charge is 2.40. The van der Waals surface area contributed by atoms with Crippen LogP contribution in [0.15, 0.2) is 17.1 Å². The number of aliphatic hydroxyl groups is 1. The molecule has 1 aliphatic heterocycles. The van der Waals surface area contributed by atoms with Crippen molar-refractivity contribution in [1.29, 1.82) is 0 Å². The third-order valence-electron chi connectivity index (χ3n) is 5.45. The maximum atomic E-state index is 14.1. The molecule has 1 aliphatic carbocycles. The molecule has 9 nitrogen and oxygen atoms in total. The third kappa shape index (κ3) is 4.35. The molecule has 0 aromatic carbocycles. The summed E-state index contributed by atoms with van der Waals surface area (Å²) in [7, 11) is -4.05. The van der Waals surface area contributed by atoms with Gasteiger partial charge in [-0.25, -0.2) is 26.5 Å². The van der Waals surface area contributed by atoms with Crippen molar-refractivity contribution in [3.8, 4) is 0 Å². The molecule has 2 aromatic heterocycles. The van der Waals surface area contributed by atoms with E-state index in [9.17, 15) is 27.1 Å². The van der Waals surface area contributed by atoms with Gasteiger partial charge in [-0.1, -0.05) is 0 Å².